The van der Waals surface area contributed by atoms with Crippen molar-refractivity contribution in [3.05, 3.63) is 29.8 Å². The summed E-state index contributed by atoms with van der Waals surface area (Å²) in [6.07, 6.45) is 6.05. The van der Waals surface area contributed by atoms with Gasteiger partial charge in [-0.15, -0.1) is 0 Å². The standard InChI is InChI=1S/C19H26N4O/c1-20-18(22-12-19(8-9-19)14-6-7-14)21-11-13-10-17(24)23-16-5-3-2-4-15(13)16/h2-5,13-14H,6-12H2,1H3,(H,23,24)(H2,20,21,22). The minimum absolute atomic E-state index is 0.0918. The van der Waals surface area contributed by atoms with Gasteiger partial charge in [-0.2, -0.15) is 0 Å². The van der Waals surface area contributed by atoms with Crippen LogP contribution in [0.4, 0.5) is 5.69 Å². The number of amides is 1. The Bertz CT molecular complexity index is 661. The van der Waals surface area contributed by atoms with E-state index in [-0.39, 0.29) is 11.8 Å². The number of rotatable bonds is 5. The summed E-state index contributed by atoms with van der Waals surface area (Å²) in [6, 6.07) is 8.06. The van der Waals surface area contributed by atoms with Crippen LogP contribution in [0, 0.1) is 11.3 Å². The summed E-state index contributed by atoms with van der Waals surface area (Å²) in [4.78, 5) is 16.3. The highest BCUT2D eigenvalue weighted by atomic mass is 16.1. The Kier molecular flexibility index (Phi) is 3.94. The van der Waals surface area contributed by atoms with Crippen molar-refractivity contribution in [3.8, 4) is 0 Å². The molecule has 0 spiro atoms. The molecule has 1 heterocycles. The van der Waals surface area contributed by atoms with E-state index in [1.165, 1.54) is 31.2 Å². The predicted molar refractivity (Wildman–Crippen MR) is 96.2 cm³/mol. The monoisotopic (exact) mass is 326 g/mol. The average Bonchev–Trinajstić information content (AvgIpc) is 3.47. The average molecular weight is 326 g/mol. The van der Waals surface area contributed by atoms with Crippen LogP contribution in [0.5, 0.6) is 0 Å². The van der Waals surface area contributed by atoms with Crippen LogP contribution in [-0.2, 0) is 4.79 Å². The Morgan fingerprint density at radius 1 is 1.29 bits per heavy atom. The van der Waals surface area contributed by atoms with Crippen molar-refractivity contribution >= 4 is 17.6 Å². The molecule has 2 aliphatic carbocycles. The number of benzene rings is 1. The molecular weight excluding hydrogens is 300 g/mol. The molecular formula is C19H26N4O. The minimum Gasteiger partial charge on any atom is -0.356 e. The molecule has 1 atom stereocenters. The van der Waals surface area contributed by atoms with E-state index in [1.54, 1.807) is 0 Å². The van der Waals surface area contributed by atoms with Crippen LogP contribution in [-0.4, -0.2) is 32.0 Å². The Morgan fingerprint density at radius 3 is 2.79 bits per heavy atom. The van der Waals surface area contributed by atoms with E-state index in [9.17, 15) is 4.79 Å². The SMILES string of the molecule is CN=C(NCC1CC(=O)Nc2ccccc21)NCC1(C2CC2)CC1. The highest BCUT2D eigenvalue weighted by molar-refractivity contribution is 5.94. The highest BCUT2D eigenvalue weighted by Crippen LogP contribution is 2.60. The van der Waals surface area contributed by atoms with Gasteiger partial charge < -0.3 is 16.0 Å². The minimum atomic E-state index is 0.0918. The second-order valence-corrected chi connectivity index (χ2v) is 7.48. The number of carbonyl (C=O) groups is 1. The van der Waals surface area contributed by atoms with Crippen molar-refractivity contribution in [2.45, 2.75) is 38.0 Å². The number of guanidine groups is 1. The molecule has 3 aliphatic rings. The van der Waals surface area contributed by atoms with Gasteiger partial charge in [0.05, 0.1) is 0 Å². The zero-order valence-electron chi connectivity index (χ0n) is 14.3. The van der Waals surface area contributed by atoms with Gasteiger partial charge in [-0.3, -0.25) is 9.79 Å². The lowest BCUT2D eigenvalue weighted by atomic mass is 9.90. The van der Waals surface area contributed by atoms with E-state index in [1.807, 2.05) is 25.2 Å². The van der Waals surface area contributed by atoms with E-state index >= 15 is 0 Å². The van der Waals surface area contributed by atoms with Crippen LogP contribution in [0.1, 0.15) is 43.6 Å². The number of anilines is 1. The van der Waals surface area contributed by atoms with Crippen molar-refractivity contribution in [1.82, 2.24) is 10.6 Å². The molecule has 1 aromatic rings. The normalized spacial score (nSPS) is 24.8. The van der Waals surface area contributed by atoms with E-state index in [0.29, 0.717) is 11.8 Å². The molecule has 1 unspecified atom stereocenters. The van der Waals surface area contributed by atoms with Crippen LogP contribution >= 0.6 is 0 Å². The maximum atomic E-state index is 11.9. The fraction of sp³-hybridized carbons (Fsp3) is 0.579. The van der Waals surface area contributed by atoms with Crippen molar-refractivity contribution in [2.24, 2.45) is 16.3 Å². The molecule has 128 valence electrons. The lowest BCUT2D eigenvalue weighted by Crippen LogP contribution is -2.43. The third-order valence-electron chi connectivity index (χ3n) is 5.79. The maximum absolute atomic E-state index is 11.9. The highest BCUT2D eigenvalue weighted by Gasteiger charge is 2.53. The van der Waals surface area contributed by atoms with Crippen LogP contribution in [0.3, 0.4) is 0 Å². The Morgan fingerprint density at radius 2 is 2.08 bits per heavy atom. The first-order valence-electron chi connectivity index (χ1n) is 9.03. The largest absolute Gasteiger partial charge is 0.356 e. The lowest BCUT2D eigenvalue weighted by molar-refractivity contribution is -0.116. The fourth-order valence-electron chi connectivity index (χ4n) is 3.97. The number of nitrogens with one attached hydrogen (secondary N) is 3. The third-order valence-corrected chi connectivity index (χ3v) is 5.79. The van der Waals surface area contributed by atoms with Gasteiger partial charge in [-0.25, -0.2) is 0 Å². The first kappa shape index (κ1) is 15.5. The number of para-hydroxylation sites is 1. The first-order chi connectivity index (χ1) is 11.7. The molecule has 3 N–H and O–H groups in total. The Labute approximate surface area is 143 Å². The van der Waals surface area contributed by atoms with Gasteiger partial charge in [0, 0.05) is 38.2 Å². The molecule has 2 saturated carbocycles. The predicted octanol–water partition coefficient (Wildman–Crippen LogP) is 2.47. The van der Waals surface area contributed by atoms with Gasteiger partial charge in [-0.1, -0.05) is 18.2 Å². The second-order valence-electron chi connectivity index (χ2n) is 7.48. The summed E-state index contributed by atoms with van der Waals surface area (Å²) in [7, 11) is 1.81. The molecule has 2 fully saturated rings. The summed E-state index contributed by atoms with van der Waals surface area (Å²) in [5.41, 5.74) is 2.69. The van der Waals surface area contributed by atoms with Crippen molar-refractivity contribution in [1.29, 1.82) is 0 Å². The Hall–Kier alpha value is -2.04. The van der Waals surface area contributed by atoms with Crippen LogP contribution in [0.15, 0.2) is 29.3 Å². The Balaban J connectivity index is 1.34. The van der Waals surface area contributed by atoms with E-state index in [4.69, 9.17) is 0 Å². The number of hydrogen-bond acceptors (Lipinski definition) is 2. The molecule has 0 aromatic heterocycles. The molecule has 5 heteroatoms. The topological polar surface area (TPSA) is 65.5 Å². The smallest absolute Gasteiger partial charge is 0.225 e. The van der Waals surface area contributed by atoms with Gasteiger partial charge >= 0.3 is 0 Å². The fourth-order valence-corrected chi connectivity index (χ4v) is 3.97. The summed E-state index contributed by atoms with van der Waals surface area (Å²) in [5.74, 6) is 2.07. The van der Waals surface area contributed by atoms with E-state index in [2.05, 4.69) is 27.0 Å². The number of aliphatic imine (C=N–C) groups is 1. The van der Waals surface area contributed by atoms with Crippen LogP contribution < -0.4 is 16.0 Å². The van der Waals surface area contributed by atoms with Gasteiger partial charge in [0.2, 0.25) is 5.91 Å². The van der Waals surface area contributed by atoms with E-state index < -0.39 is 0 Å². The zero-order chi connectivity index (χ0) is 16.6. The molecule has 1 amide bonds. The van der Waals surface area contributed by atoms with Gasteiger partial charge in [-0.05, 0) is 48.6 Å². The van der Waals surface area contributed by atoms with E-state index in [0.717, 1.165) is 30.7 Å². The van der Waals surface area contributed by atoms with Crippen LogP contribution in [0.25, 0.3) is 0 Å². The van der Waals surface area contributed by atoms with Gasteiger partial charge in [0.15, 0.2) is 5.96 Å². The molecule has 4 rings (SSSR count). The number of nitrogens with zero attached hydrogens (tertiary/aromatic N) is 1. The molecule has 24 heavy (non-hydrogen) atoms. The summed E-state index contributed by atoms with van der Waals surface area (Å²) >= 11 is 0. The number of carbonyl (C=O) groups excluding carboxylic acids is 1. The van der Waals surface area contributed by atoms with Gasteiger partial charge in [0.25, 0.3) is 0 Å². The van der Waals surface area contributed by atoms with Crippen molar-refractivity contribution in [3.63, 3.8) is 0 Å². The van der Waals surface area contributed by atoms with Gasteiger partial charge in [0.1, 0.15) is 0 Å². The summed E-state index contributed by atoms with van der Waals surface area (Å²) in [5, 5.41) is 9.88. The first-order valence-corrected chi connectivity index (χ1v) is 9.03. The number of hydrogen-bond donors (Lipinski definition) is 3. The molecule has 0 bridgehead atoms. The molecule has 5 nitrogen and oxygen atoms in total. The third kappa shape index (κ3) is 3.12. The van der Waals surface area contributed by atoms with Crippen molar-refractivity contribution < 1.29 is 4.79 Å². The molecule has 1 aromatic carbocycles. The van der Waals surface area contributed by atoms with Crippen LogP contribution in [0.2, 0.25) is 0 Å². The number of fused-ring (bicyclic) bond motifs is 1. The maximum Gasteiger partial charge on any atom is 0.225 e. The lowest BCUT2D eigenvalue weighted by Gasteiger charge is -2.26. The summed E-state index contributed by atoms with van der Waals surface area (Å²) < 4.78 is 0. The molecule has 1 aliphatic heterocycles. The molecule has 0 radical (unpaired) electrons. The quantitative estimate of drug-likeness (QED) is 0.575. The van der Waals surface area contributed by atoms with Crippen molar-refractivity contribution in [2.75, 3.05) is 25.5 Å². The zero-order valence-corrected chi connectivity index (χ0v) is 14.3. The summed E-state index contributed by atoms with van der Waals surface area (Å²) in [6.45, 7) is 1.75. The molecule has 0 saturated heterocycles. The second kappa shape index (κ2) is 6.11.